The van der Waals surface area contributed by atoms with E-state index in [2.05, 4.69) is 23.3 Å². The lowest BCUT2D eigenvalue weighted by Gasteiger charge is -2.32. The molecule has 4 rings (SSSR count). The van der Waals surface area contributed by atoms with E-state index in [0.717, 1.165) is 42.1 Å². The normalized spacial score (nSPS) is 15.0. The first kappa shape index (κ1) is 19.8. The summed E-state index contributed by atoms with van der Waals surface area (Å²) in [5.41, 5.74) is 2.44. The van der Waals surface area contributed by atoms with Crippen molar-refractivity contribution >= 4 is 28.6 Å². The molecule has 4 nitrogen and oxygen atoms in total. The van der Waals surface area contributed by atoms with E-state index in [1.807, 2.05) is 11.0 Å². The Bertz CT molecular complexity index is 978. The van der Waals surface area contributed by atoms with Crippen LogP contribution in [0.25, 0.3) is 10.9 Å². The minimum atomic E-state index is -0.234. The number of ether oxygens (including phenoxy) is 1. The maximum absolute atomic E-state index is 13.0. The van der Waals surface area contributed by atoms with Gasteiger partial charge >= 0.3 is 0 Å². The van der Waals surface area contributed by atoms with Crippen LogP contribution in [0.1, 0.15) is 30.7 Å². The summed E-state index contributed by atoms with van der Waals surface area (Å²) in [6.45, 7) is 1.59. The number of benzene rings is 2. The maximum atomic E-state index is 13.0. The molecule has 2 aromatic carbocycles. The number of aromatic amines is 1. The zero-order valence-electron chi connectivity index (χ0n) is 16.5. The number of aromatic nitrogens is 1. The number of nitrogens with zero attached hydrogens (tertiary/aromatic N) is 1. The molecule has 1 fully saturated rings. The summed E-state index contributed by atoms with van der Waals surface area (Å²) in [6, 6.07) is 12.5. The molecule has 0 atom stereocenters. The SMILES string of the molecule is COc1ccc2[nH]cc(C3CCN(C(=O)CCSc4ccc(F)cc4)CC3)c2c1. The molecule has 1 amide bonds. The molecule has 3 aromatic rings. The quantitative estimate of drug-likeness (QED) is 0.566. The smallest absolute Gasteiger partial charge is 0.223 e. The van der Waals surface area contributed by atoms with E-state index in [-0.39, 0.29) is 11.7 Å². The Morgan fingerprint density at radius 1 is 1.21 bits per heavy atom. The highest BCUT2D eigenvalue weighted by atomic mass is 32.2. The number of carbonyl (C=O) groups is 1. The number of amides is 1. The van der Waals surface area contributed by atoms with Crippen LogP contribution in [0.3, 0.4) is 0 Å². The third kappa shape index (κ3) is 4.58. The monoisotopic (exact) mass is 412 g/mol. The fraction of sp³-hybridized carbons (Fsp3) is 0.348. The molecule has 1 aliphatic heterocycles. The molecule has 0 aliphatic carbocycles. The Labute approximate surface area is 174 Å². The van der Waals surface area contributed by atoms with Crippen LogP contribution in [0.15, 0.2) is 53.6 Å². The number of halogens is 1. The zero-order valence-corrected chi connectivity index (χ0v) is 17.3. The molecule has 152 valence electrons. The molecule has 1 saturated heterocycles. The first-order valence-electron chi connectivity index (χ1n) is 9.95. The molecule has 1 aromatic heterocycles. The predicted octanol–water partition coefficient (Wildman–Crippen LogP) is 5.20. The molecule has 1 aliphatic rings. The molecule has 29 heavy (non-hydrogen) atoms. The number of H-pyrrole nitrogens is 1. The van der Waals surface area contributed by atoms with Crippen molar-refractivity contribution < 1.29 is 13.9 Å². The highest BCUT2D eigenvalue weighted by Gasteiger charge is 2.25. The zero-order chi connectivity index (χ0) is 20.2. The van der Waals surface area contributed by atoms with Gasteiger partial charge < -0.3 is 14.6 Å². The lowest BCUT2D eigenvalue weighted by atomic mass is 9.89. The van der Waals surface area contributed by atoms with Crippen LogP contribution >= 0.6 is 11.8 Å². The van der Waals surface area contributed by atoms with Crippen molar-refractivity contribution in [2.45, 2.75) is 30.1 Å². The summed E-state index contributed by atoms with van der Waals surface area (Å²) in [4.78, 5) is 18.9. The van der Waals surface area contributed by atoms with E-state index in [0.29, 0.717) is 18.1 Å². The Morgan fingerprint density at radius 2 is 1.97 bits per heavy atom. The molecule has 2 heterocycles. The predicted molar refractivity (Wildman–Crippen MR) is 115 cm³/mol. The minimum absolute atomic E-state index is 0.207. The van der Waals surface area contributed by atoms with Crippen LogP contribution < -0.4 is 4.74 Å². The van der Waals surface area contributed by atoms with E-state index >= 15 is 0 Å². The number of likely N-dealkylation sites (tertiary alicyclic amines) is 1. The number of hydrogen-bond acceptors (Lipinski definition) is 3. The number of piperidine rings is 1. The van der Waals surface area contributed by atoms with Crippen LogP contribution in [0, 0.1) is 5.82 Å². The van der Waals surface area contributed by atoms with Gasteiger partial charge in [0.15, 0.2) is 0 Å². The summed E-state index contributed by atoms with van der Waals surface area (Å²) in [5, 5.41) is 1.21. The van der Waals surface area contributed by atoms with E-state index in [4.69, 9.17) is 4.74 Å². The standard InChI is InChI=1S/C23H25FN2O2S/c1-28-18-4-7-22-20(14-18)21(15-25-22)16-8-11-26(12-9-16)23(27)10-13-29-19-5-2-17(24)3-6-19/h2-7,14-16,25H,8-13H2,1H3. The van der Waals surface area contributed by atoms with E-state index in [1.165, 1.54) is 23.1 Å². The second kappa shape index (κ2) is 8.91. The highest BCUT2D eigenvalue weighted by Crippen LogP contribution is 2.35. The Balaban J connectivity index is 1.30. The minimum Gasteiger partial charge on any atom is -0.497 e. The van der Waals surface area contributed by atoms with Gasteiger partial charge in [-0.15, -0.1) is 11.8 Å². The second-order valence-electron chi connectivity index (χ2n) is 7.36. The number of rotatable bonds is 6. The number of fused-ring (bicyclic) bond motifs is 1. The first-order valence-corrected chi connectivity index (χ1v) is 10.9. The summed E-state index contributed by atoms with van der Waals surface area (Å²) in [7, 11) is 1.69. The maximum Gasteiger partial charge on any atom is 0.223 e. The van der Waals surface area contributed by atoms with Gasteiger partial charge in [-0.05, 0) is 66.8 Å². The Kier molecular flexibility index (Phi) is 6.09. The van der Waals surface area contributed by atoms with Crippen molar-refractivity contribution in [2.75, 3.05) is 26.0 Å². The Hall–Kier alpha value is -2.47. The summed E-state index contributed by atoms with van der Waals surface area (Å²) in [6.07, 6.45) is 4.56. The number of methoxy groups -OCH3 is 1. The molecule has 0 spiro atoms. The molecular weight excluding hydrogens is 387 g/mol. The van der Waals surface area contributed by atoms with Crippen LogP contribution in [-0.4, -0.2) is 41.7 Å². The van der Waals surface area contributed by atoms with Gasteiger partial charge in [0.05, 0.1) is 7.11 Å². The lowest BCUT2D eigenvalue weighted by molar-refractivity contribution is -0.131. The van der Waals surface area contributed by atoms with Crippen molar-refractivity contribution in [1.82, 2.24) is 9.88 Å². The first-order chi connectivity index (χ1) is 14.1. The molecule has 0 unspecified atom stereocenters. The van der Waals surface area contributed by atoms with E-state index in [9.17, 15) is 9.18 Å². The molecule has 0 bridgehead atoms. The molecule has 6 heteroatoms. The van der Waals surface area contributed by atoms with Gasteiger partial charge in [-0.25, -0.2) is 4.39 Å². The van der Waals surface area contributed by atoms with Gasteiger partial charge in [0.2, 0.25) is 5.91 Å². The van der Waals surface area contributed by atoms with Gasteiger partial charge in [-0.3, -0.25) is 4.79 Å². The van der Waals surface area contributed by atoms with E-state index in [1.54, 1.807) is 31.0 Å². The highest BCUT2D eigenvalue weighted by molar-refractivity contribution is 7.99. The van der Waals surface area contributed by atoms with Crippen molar-refractivity contribution in [1.29, 1.82) is 0 Å². The fourth-order valence-electron chi connectivity index (χ4n) is 3.97. The Morgan fingerprint density at radius 3 is 2.69 bits per heavy atom. The van der Waals surface area contributed by atoms with Crippen LogP contribution in [0.4, 0.5) is 4.39 Å². The summed E-state index contributed by atoms with van der Waals surface area (Å²) < 4.78 is 18.3. The van der Waals surface area contributed by atoms with Crippen molar-refractivity contribution in [3.63, 3.8) is 0 Å². The van der Waals surface area contributed by atoms with Crippen molar-refractivity contribution in [2.24, 2.45) is 0 Å². The number of carbonyl (C=O) groups excluding carboxylic acids is 1. The fourth-order valence-corrected chi connectivity index (χ4v) is 4.81. The third-order valence-corrected chi connectivity index (χ3v) is 6.62. The van der Waals surface area contributed by atoms with E-state index < -0.39 is 0 Å². The topological polar surface area (TPSA) is 45.3 Å². The van der Waals surface area contributed by atoms with Gasteiger partial charge in [0.1, 0.15) is 11.6 Å². The number of hydrogen-bond donors (Lipinski definition) is 1. The molecule has 0 radical (unpaired) electrons. The van der Waals surface area contributed by atoms with Crippen molar-refractivity contribution in [3.8, 4) is 5.75 Å². The summed E-state index contributed by atoms with van der Waals surface area (Å²) >= 11 is 1.59. The average molecular weight is 413 g/mol. The largest absolute Gasteiger partial charge is 0.497 e. The van der Waals surface area contributed by atoms with Crippen LogP contribution in [0.2, 0.25) is 0 Å². The van der Waals surface area contributed by atoms with Crippen LogP contribution in [-0.2, 0) is 4.79 Å². The lowest BCUT2D eigenvalue weighted by Crippen LogP contribution is -2.38. The second-order valence-corrected chi connectivity index (χ2v) is 8.53. The molecule has 1 N–H and O–H groups in total. The van der Waals surface area contributed by atoms with Crippen molar-refractivity contribution in [3.05, 3.63) is 60.0 Å². The van der Waals surface area contributed by atoms with Crippen LogP contribution in [0.5, 0.6) is 5.75 Å². The number of nitrogens with one attached hydrogen (secondary N) is 1. The van der Waals surface area contributed by atoms with Gasteiger partial charge in [0, 0.05) is 47.3 Å². The molecular formula is C23H25FN2O2S. The summed E-state index contributed by atoms with van der Waals surface area (Å²) in [5.74, 6) is 2.01. The number of thioether (sulfide) groups is 1. The third-order valence-electron chi connectivity index (χ3n) is 5.61. The van der Waals surface area contributed by atoms with Gasteiger partial charge in [-0.2, -0.15) is 0 Å². The average Bonchev–Trinajstić information content (AvgIpc) is 3.18. The van der Waals surface area contributed by atoms with Gasteiger partial charge in [-0.1, -0.05) is 0 Å². The molecule has 0 saturated carbocycles. The van der Waals surface area contributed by atoms with Gasteiger partial charge in [0.25, 0.3) is 0 Å².